The first-order valence-electron chi connectivity index (χ1n) is 11.1. The first-order chi connectivity index (χ1) is 16.0. The van der Waals surface area contributed by atoms with Crippen LogP contribution in [0.1, 0.15) is 18.5 Å². The molecule has 1 atom stereocenters. The number of anilines is 2. The molecule has 0 radical (unpaired) electrons. The minimum atomic E-state index is -0.267. The summed E-state index contributed by atoms with van der Waals surface area (Å²) in [6.07, 6.45) is 12.8. The van der Waals surface area contributed by atoms with E-state index < -0.39 is 0 Å². The van der Waals surface area contributed by atoms with Crippen molar-refractivity contribution in [1.29, 1.82) is 0 Å². The molecule has 0 aromatic carbocycles. The van der Waals surface area contributed by atoms with Gasteiger partial charge in [-0.1, -0.05) is 12.1 Å². The number of H-pyrrole nitrogens is 1. The van der Waals surface area contributed by atoms with E-state index in [4.69, 9.17) is 11.6 Å². The summed E-state index contributed by atoms with van der Waals surface area (Å²) >= 11 is 0. The Labute approximate surface area is 192 Å². The molecule has 5 heterocycles. The number of piperidine rings is 1. The van der Waals surface area contributed by atoms with Gasteiger partial charge in [-0.2, -0.15) is 0 Å². The van der Waals surface area contributed by atoms with Gasteiger partial charge in [0.15, 0.2) is 0 Å². The number of aromatic nitrogens is 3. The van der Waals surface area contributed by atoms with Gasteiger partial charge in [0.2, 0.25) is 0 Å². The fraction of sp³-hybridized carbons (Fsp3) is 0.292. The molecule has 0 spiro atoms. The van der Waals surface area contributed by atoms with Crippen LogP contribution < -0.4 is 26.8 Å². The minimum Gasteiger partial charge on any atom is -0.387 e. The third-order valence-corrected chi connectivity index (χ3v) is 6.21. The van der Waals surface area contributed by atoms with Gasteiger partial charge in [0, 0.05) is 66.7 Å². The topological polar surface area (TPSA) is 129 Å². The van der Waals surface area contributed by atoms with Crippen molar-refractivity contribution in [2.24, 2.45) is 11.6 Å². The SMILES string of the molecule is Cc1ccc(-c2cnc3[nH]cc(N(N)C(=O)C4=CC=CNC4)c3c2N2CCC[C@@H](N)C2)cn1. The lowest BCUT2D eigenvalue weighted by atomic mass is 10.00. The fourth-order valence-corrected chi connectivity index (χ4v) is 4.50. The molecule has 9 heteroatoms. The van der Waals surface area contributed by atoms with E-state index in [0.717, 1.165) is 47.3 Å². The number of carbonyl (C=O) groups excluding carboxylic acids is 1. The molecule has 3 aromatic rings. The second kappa shape index (κ2) is 8.68. The molecular weight excluding hydrogens is 416 g/mol. The van der Waals surface area contributed by atoms with E-state index in [1.165, 1.54) is 5.01 Å². The molecule has 2 aliphatic heterocycles. The van der Waals surface area contributed by atoms with Crippen LogP contribution in [0.2, 0.25) is 0 Å². The van der Waals surface area contributed by atoms with Crippen LogP contribution in [0.25, 0.3) is 22.2 Å². The highest BCUT2D eigenvalue weighted by Gasteiger charge is 2.28. The number of hydrogen-bond acceptors (Lipinski definition) is 7. The van der Waals surface area contributed by atoms with Crippen LogP contribution in [0.4, 0.5) is 11.4 Å². The summed E-state index contributed by atoms with van der Waals surface area (Å²) in [6.45, 7) is 3.97. The summed E-state index contributed by atoms with van der Waals surface area (Å²) in [4.78, 5) is 27.8. The quantitative estimate of drug-likeness (QED) is 0.275. The van der Waals surface area contributed by atoms with Crippen LogP contribution in [0, 0.1) is 6.92 Å². The first kappa shape index (κ1) is 21.2. The summed E-state index contributed by atoms with van der Waals surface area (Å²) in [5.74, 6) is 6.13. The number of hydrogen-bond donors (Lipinski definition) is 4. The molecule has 5 rings (SSSR count). The van der Waals surface area contributed by atoms with E-state index >= 15 is 0 Å². The maximum Gasteiger partial charge on any atom is 0.270 e. The number of nitrogens with one attached hydrogen (secondary N) is 2. The normalized spacial score (nSPS) is 18.2. The van der Waals surface area contributed by atoms with E-state index in [0.29, 0.717) is 30.0 Å². The summed E-state index contributed by atoms with van der Waals surface area (Å²) in [5.41, 5.74) is 12.0. The van der Waals surface area contributed by atoms with Gasteiger partial charge in [0.1, 0.15) is 5.65 Å². The zero-order chi connectivity index (χ0) is 22.9. The number of allylic oxidation sites excluding steroid dienone is 2. The van der Waals surface area contributed by atoms with Gasteiger partial charge in [-0.05, 0) is 38.1 Å². The minimum absolute atomic E-state index is 0.0780. The Morgan fingerprint density at radius 3 is 2.88 bits per heavy atom. The van der Waals surface area contributed by atoms with Crippen molar-refractivity contribution in [3.8, 4) is 11.1 Å². The number of nitrogens with two attached hydrogens (primary N) is 2. The molecule has 2 aliphatic rings. The second-order valence-corrected chi connectivity index (χ2v) is 8.56. The lowest BCUT2D eigenvalue weighted by Gasteiger charge is -2.35. The number of aryl methyl sites for hydroxylation is 1. The van der Waals surface area contributed by atoms with Gasteiger partial charge in [-0.3, -0.25) is 9.78 Å². The van der Waals surface area contributed by atoms with Gasteiger partial charge in [0.25, 0.3) is 5.91 Å². The van der Waals surface area contributed by atoms with E-state index in [1.54, 1.807) is 24.5 Å². The molecule has 9 nitrogen and oxygen atoms in total. The molecule has 1 amide bonds. The number of fused-ring (bicyclic) bond motifs is 1. The van der Waals surface area contributed by atoms with Crippen molar-refractivity contribution < 1.29 is 4.79 Å². The van der Waals surface area contributed by atoms with Gasteiger partial charge in [-0.15, -0.1) is 0 Å². The zero-order valence-corrected chi connectivity index (χ0v) is 18.6. The number of pyridine rings is 2. The predicted octanol–water partition coefficient (Wildman–Crippen LogP) is 2.11. The number of aromatic amines is 1. The molecule has 0 unspecified atom stereocenters. The van der Waals surface area contributed by atoms with E-state index in [-0.39, 0.29) is 11.9 Å². The Kier molecular flexibility index (Phi) is 5.57. The molecule has 0 aliphatic carbocycles. The molecule has 170 valence electrons. The van der Waals surface area contributed by atoms with Crippen molar-refractivity contribution in [2.45, 2.75) is 25.8 Å². The molecule has 33 heavy (non-hydrogen) atoms. The maximum absolute atomic E-state index is 13.2. The van der Waals surface area contributed by atoms with E-state index in [1.807, 2.05) is 31.5 Å². The van der Waals surface area contributed by atoms with Crippen LogP contribution in [0.15, 0.2) is 54.6 Å². The van der Waals surface area contributed by atoms with Gasteiger partial charge in [-0.25, -0.2) is 15.8 Å². The van der Waals surface area contributed by atoms with Crippen molar-refractivity contribution in [1.82, 2.24) is 20.3 Å². The Morgan fingerprint density at radius 2 is 2.15 bits per heavy atom. The summed E-state index contributed by atoms with van der Waals surface area (Å²) in [5, 5.41) is 5.06. The predicted molar refractivity (Wildman–Crippen MR) is 130 cm³/mol. The third kappa shape index (κ3) is 3.96. The molecule has 3 aromatic heterocycles. The fourth-order valence-electron chi connectivity index (χ4n) is 4.50. The van der Waals surface area contributed by atoms with Crippen LogP contribution in [-0.2, 0) is 4.79 Å². The molecule has 1 fully saturated rings. The molecule has 6 N–H and O–H groups in total. The largest absolute Gasteiger partial charge is 0.387 e. The number of hydrazine groups is 1. The Morgan fingerprint density at radius 1 is 1.27 bits per heavy atom. The van der Waals surface area contributed by atoms with Crippen LogP contribution >= 0.6 is 0 Å². The second-order valence-electron chi connectivity index (χ2n) is 8.56. The average Bonchev–Trinajstić information content (AvgIpc) is 3.28. The maximum atomic E-state index is 13.2. The van der Waals surface area contributed by atoms with Crippen LogP contribution in [-0.4, -0.2) is 46.5 Å². The highest BCUT2D eigenvalue weighted by atomic mass is 16.2. The smallest absolute Gasteiger partial charge is 0.270 e. The number of carbonyl (C=O) groups is 1. The van der Waals surface area contributed by atoms with Gasteiger partial charge >= 0.3 is 0 Å². The zero-order valence-electron chi connectivity index (χ0n) is 18.6. The van der Waals surface area contributed by atoms with E-state index in [2.05, 4.69) is 25.2 Å². The van der Waals surface area contributed by atoms with Crippen molar-refractivity contribution in [2.75, 3.05) is 29.5 Å². The van der Waals surface area contributed by atoms with Crippen molar-refractivity contribution >= 4 is 28.3 Å². The standard InChI is InChI=1S/C24H28N8O/c1-15-6-7-16(11-28-15)19-12-29-23-21(22(19)31-9-3-5-18(25)14-31)20(13-30-23)32(26)24(33)17-4-2-8-27-10-17/h2,4,6-8,11-13,18,27H,3,5,9-10,14,25-26H2,1H3,(H,29,30)/t18-/m1/s1. The molecular formula is C24H28N8O. The number of dihydropyridines is 1. The molecule has 1 saturated heterocycles. The molecule has 0 bridgehead atoms. The van der Waals surface area contributed by atoms with Gasteiger partial charge in [0.05, 0.1) is 16.8 Å². The third-order valence-electron chi connectivity index (χ3n) is 6.21. The summed E-state index contributed by atoms with van der Waals surface area (Å²) in [6, 6.07) is 4.10. The van der Waals surface area contributed by atoms with Crippen LogP contribution in [0.5, 0.6) is 0 Å². The van der Waals surface area contributed by atoms with Crippen LogP contribution in [0.3, 0.4) is 0 Å². The van der Waals surface area contributed by atoms with E-state index in [9.17, 15) is 4.79 Å². The Hall–Kier alpha value is -3.69. The summed E-state index contributed by atoms with van der Waals surface area (Å²) in [7, 11) is 0. The molecule has 0 saturated carbocycles. The lowest BCUT2D eigenvalue weighted by Crippen LogP contribution is -2.43. The Balaban J connectivity index is 1.68. The average molecular weight is 445 g/mol. The van der Waals surface area contributed by atoms with Crippen molar-refractivity contribution in [3.63, 3.8) is 0 Å². The first-order valence-corrected chi connectivity index (χ1v) is 11.1. The number of amides is 1. The number of rotatable bonds is 4. The number of nitrogens with zero attached hydrogens (tertiary/aromatic N) is 4. The lowest BCUT2D eigenvalue weighted by molar-refractivity contribution is -0.115. The highest BCUT2D eigenvalue weighted by Crippen LogP contribution is 2.41. The summed E-state index contributed by atoms with van der Waals surface area (Å²) < 4.78 is 0. The monoisotopic (exact) mass is 444 g/mol. The Bertz CT molecular complexity index is 1240. The highest BCUT2D eigenvalue weighted by molar-refractivity contribution is 6.14. The van der Waals surface area contributed by atoms with Gasteiger partial charge < -0.3 is 20.9 Å². The van der Waals surface area contributed by atoms with Crippen molar-refractivity contribution in [3.05, 3.63) is 60.3 Å².